The van der Waals surface area contributed by atoms with E-state index in [-0.39, 0.29) is 18.6 Å². The van der Waals surface area contributed by atoms with Gasteiger partial charge in [0.25, 0.3) is 0 Å². The fourth-order valence-electron chi connectivity index (χ4n) is 1.71. The van der Waals surface area contributed by atoms with Gasteiger partial charge < -0.3 is 15.3 Å². The van der Waals surface area contributed by atoms with Crippen LogP contribution in [-0.4, -0.2) is 41.1 Å². The predicted molar refractivity (Wildman–Crippen MR) is 60.2 cm³/mol. The number of urea groups is 1. The van der Waals surface area contributed by atoms with Crippen molar-refractivity contribution in [2.24, 2.45) is 5.92 Å². The van der Waals surface area contributed by atoms with Crippen LogP contribution >= 0.6 is 0 Å². The molecule has 0 heterocycles. The van der Waals surface area contributed by atoms with Crippen LogP contribution in [0.5, 0.6) is 0 Å². The van der Waals surface area contributed by atoms with Gasteiger partial charge in [-0.2, -0.15) is 0 Å². The Morgan fingerprint density at radius 2 is 2.12 bits per heavy atom. The summed E-state index contributed by atoms with van der Waals surface area (Å²) in [6.45, 7) is 3.91. The molecule has 0 aromatic carbocycles. The highest BCUT2D eigenvalue weighted by Crippen LogP contribution is 2.33. The lowest BCUT2D eigenvalue weighted by molar-refractivity contribution is -0.137. The van der Waals surface area contributed by atoms with Crippen LogP contribution in [0.15, 0.2) is 0 Å². The molecule has 1 unspecified atom stereocenters. The number of carbonyl (C=O) groups excluding carboxylic acids is 1. The van der Waals surface area contributed by atoms with Gasteiger partial charge in [0.15, 0.2) is 0 Å². The fourth-order valence-corrected chi connectivity index (χ4v) is 1.71. The summed E-state index contributed by atoms with van der Waals surface area (Å²) in [6, 6.07) is -0.152. The van der Waals surface area contributed by atoms with Crippen LogP contribution < -0.4 is 5.32 Å². The molecule has 1 saturated carbocycles. The predicted octanol–water partition coefficient (Wildman–Crippen LogP) is 1.29. The summed E-state index contributed by atoms with van der Waals surface area (Å²) in [5.41, 5.74) is 0. The second-order valence-electron chi connectivity index (χ2n) is 4.44. The van der Waals surface area contributed by atoms with Crippen molar-refractivity contribution in [1.29, 1.82) is 0 Å². The fraction of sp³-hybridized carbons (Fsp3) is 0.818. The maximum atomic E-state index is 11.7. The molecule has 5 nitrogen and oxygen atoms in total. The molecule has 92 valence electrons. The van der Waals surface area contributed by atoms with Gasteiger partial charge in [0, 0.05) is 12.6 Å². The van der Waals surface area contributed by atoms with Gasteiger partial charge in [0.1, 0.15) is 6.54 Å². The molecule has 0 saturated heterocycles. The van der Waals surface area contributed by atoms with Crippen LogP contribution in [0.4, 0.5) is 4.79 Å². The maximum Gasteiger partial charge on any atom is 0.323 e. The lowest BCUT2D eigenvalue weighted by Crippen LogP contribution is -2.45. The molecule has 1 atom stereocenters. The van der Waals surface area contributed by atoms with E-state index in [1.807, 2.05) is 6.92 Å². The van der Waals surface area contributed by atoms with E-state index in [1.54, 1.807) is 6.92 Å². The van der Waals surface area contributed by atoms with Gasteiger partial charge in [-0.05, 0) is 26.2 Å². The summed E-state index contributed by atoms with van der Waals surface area (Å²) in [5, 5.41) is 11.5. The molecular formula is C11H20N2O3. The number of carboxylic acid groups (broad SMARTS) is 1. The molecule has 2 amide bonds. The molecule has 1 aliphatic carbocycles. The molecule has 0 aromatic rings. The largest absolute Gasteiger partial charge is 0.480 e. The zero-order chi connectivity index (χ0) is 12.1. The molecule has 0 aromatic heterocycles. The van der Waals surface area contributed by atoms with E-state index < -0.39 is 5.97 Å². The Morgan fingerprint density at radius 3 is 2.56 bits per heavy atom. The number of amides is 2. The van der Waals surface area contributed by atoms with Crippen LogP contribution in [0, 0.1) is 5.92 Å². The molecule has 1 rings (SSSR count). The second-order valence-corrected chi connectivity index (χ2v) is 4.44. The number of nitrogens with zero attached hydrogens (tertiary/aromatic N) is 1. The number of carbonyl (C=O) groups is 2. The van der Waals surface area contributed by atoms with Gasteiger partial charge in [-0.3, -0.25) is 4.79 Å². The Balaban J connectivity index is 2.31. The van der Waals surface area contributed by atoms with Crippen molar-refractivity contribution in [3.8, 4) is 0 Å². The highest BCUT2D eigenvalue weighted by molar-refractivity contribution is 5.80. The molecular weight excluding hydrogens is 208 g/mol. The maximum absolute atomic E-state index is 11.7. The smallest absolute Gasteiger partial charge is 0.323 e. The topological polar surface area (TPSA) is 69.6 Å². The van der Waals surface area contributed by atoms with Gasteiger partial charge in [0.2, 0.25) is 0 Å². The summed E-state index contributed by atoms with van der Waals surface area (Å²) in [5.74, 6) is -0.225. The average Bonchev–Trinajstić information content (AvgIpc) is 2.97. The van der Waals surface area contributed by atoms with E-state index in [0.29, 0.717) is 6.54 Å². The lowest BCUT2D eigenvalue weighted by Gasteiger charge is -2.22. The highest BCUT2D eigenvalue weighted by Gasteiger charge is 2.25. The van der Waals surface area contributed by atoms with Crippen molar-refractivity contribution in [2.45, 2.75) is 39.2 Å². The molecule has 5 heteroatoms. The van der Waals surface area contributed by atoms with Gasteiger partial charge in [0.05, 0.1) is 0 Å². The van der Waals surface area contributed by atoms with E-state index in [2.05, 4.69) is 5.32 Å². The normalized spacial score (nSPS) is 16.6. The summed E-state index contributed by atoms with van der Waals surface area (Å²) in [4.78, 5) is 23.5. The van der Waals surface area contributed by atoms with E-state index in [0.717, 1.165) is 12.3 Å². The van der Waals surface area contributed by atoms with Crippen molar-refractivity contribution >= 4 is 12.0 Å². The molecule has 0 spiro atoms. The third kappa shape index (κ3) is 4.51. The van der Waals surface area contributed by atoms with Gasteiger partial charge in [-0.25, -0.2) is 4.79 Å². The average molecular weight is 228 g/mol. The second kappa shape index (κ2) is 5.72. The van der Waals surface area contributed by atoms with Gasteiger partial charge in [-0.15, -0.1) is 0 Å². The number of hydrogen-bond donors (Lipinski definition) is 2. The Bertz CT molecular complexity index is 264. The first kappa shape index (κ1) is 12.8. The first-order valence-electron chi connectivity index (χ1n) is 5.80. The Labute approximate surface area is 95.8 Å². The van der Waals surface area contributed by atoms with E-state index in [1.165, 1.54) is 17.7 Å². The van der Waals surface area contributed by atoms with Crippen LogP contribution in [0.2, 0.25) is 0 Å². The first-order valence-corrected chi connectivity index (χ1v) is 5.80. The van der Waals surface area contributed by atoms with Crippen LogP contribution in [0.1, 0.15) is 33.1 Å². The minimum absolute atomic E-state index is 0.128. The number of likely N-dealkylation sites (N-methyl/N-ethyl adjacent to an activating group) is 1. The van der Waals surface area contributed by atoms with E-state index in [9.17, 15) is 9.59 Å². The van der Waals surface area contributed by atoms with E-state index in [4.69, 9.17) is 5.11 Å². The Hall–Kier alpha value is -1.26. The van der Waals surface area contributed by atoms with Crippen LogP contribution in [0.25, 0.3) is 0 Å². The summed E-state index contributed by atoms with van der Waals surface area (Å²) < 4.78 is 0. The summed E-state index contributed by atoms with van der Waals surface area (Å²) in [6.07, 6.45) is 3.51. The lowest BCUT2D eigenvalue weighted by atomic mass is 10.2. The zero-order valence-corrected chi connectivity index (χ0v) is 9.90. The van der Waals surface area contributed by atoms with Gasteiger partial charge in [-0.1, -0.05) is 12.8 Å². The van der Waals surface area contributed by atoms with Gasteiger partial charge >= 0.3 is 12.0 Å². The van der Waals surface area contributed by atoms with E-state index >= 15 is 0 Å². The molecule has 0 bridgehead atoms. The number of carboxylic acids is 1. The molecule has 1 aliphatic rings. The van der Waals surface area contributed by atoms with Crippen molar-refractivity contribution in [3.05, 3.63) is 0 Å². The Morgan fingerprint density at radius 1 is 1.50 bits per heavy atom. The standard InChI is InChI=1S/C11H20N2O3/c1-3-13(7-10(14)15)11(16)12-8(2)6-9-4-5-9/h8-9H,3-7H2,1-2H3,(H,12,16)(H,14,15). The number of nitrogens with one attached hydrogen (secondary N) is 1. The zero-order valence-electron chi connectivity index (χ0n) is 9.90. The quantitative estimate of drug-likeness (QED) is 0.719. The van der Waals surface area contributed by atoms with Crippen molar-refractivity contribution in [2.75, 3.05) is 13.1 Å². The first-order chi connectivity index (χ1) is 7.52. The molecule has 2 N–H and O–H groups in total. The minimum Gasteiger partial charge on any atom is -0.480 e. The molecule has 1 fully saturated rings. The van der Waals surface area contributed by atoms with Crippen molar-refractivity contribution in [3.63, 3.8) is 0 Å². The van der Waals surface area contributed by atoms with Crippen molar-refractivity contribution in [1.82, 2.24) is 10.2 Å². The number of aliphatic carboxylic acids is 1. The molecule has 0 aliphatic heterocycles. The molecule has 0 radical (unpaired) electrons. The molecule has 16 heavy (non-hydrogen) atoms. The highest BCUT2D eigenvalue weighted by atomic mass is 16.4. The third-order valence-electron chi connectivity index (χ3n) is 2.75. The number of hydrogen-bond acceptors (Lipinski definition) is 2. The minimum atomic E-state index is -0.980. The Kier molecular flexibility index (Phi) is 4.58. The van der Waals surface area contributed by atoms with Crippen molar-refractivity contribution < 1.29 is 14.7 Å². The van der Waals surface area contributed by atoms with Crippen LogP contribution in [-0.2, 0) is 4.79 Å². The summed E-state index contributed by atoms with van der Waals surface area (Å²) in [7, 11) is 0. The monoisotopic (exact) mass is 228 g/mol. The SMILES string of the molecule is CCN(CC(=O)O)C(=O)NC(C)CC1CC1. The van der Waals surface area contributed by atoms with Crippen LogP contribution in [0.3, 0.4) is 0 Å². The number of rotatable bonds is 6. The summed E-state index contributed by atoms with van der Waals surface area (Å²) >= 11 is 0. The third-order valence-corrected chi connectivity index (χ3v) is 2.75.